The van der Waals surface area contributed by atoms with E-state index in [-0.39, 0.29) is 0 Å². The van der Waals surface area contributed by atoms with Gasteiger partial charge in [0.05, 0.1) is 6.54 Å². The summed E-state index contributed by atoms with van der Waals surface area (Å²) in [5, 5.41) is 0. The van der Waals surface area contributed by atoms with Crippen molar-refractivity contribution in [1.29, 1.82) is 0 Å². The number of hydrogen-bond donors (Lipinski definition) is 1. The van der Waals surface area contributed by atoms with E-state index >= 15 is 0 Å². The predicted octanol–water partition coefficient (Wildman–Crippen LogP) is 3.61. The van der Waals surface area contributed by atoms with E-state index in [2.05, 4.69) is 60.0 Å². The van der Waals surface area contributed by atoms with Gasteiger partial charge in [-0.25, -0.2) is 4.99 Å². The van der Waals surface area contributed by atoms with E-state index in [0.29, 0.717) is 12.5 Å². The molecule has 1 saturated carbocycles. The molecule has 0 spiro atoms. The summed E-state index contributed by atoms with van der Waals surface area (Å²) in [6.45, 7) is 7.69. The molecule has 0 heterocycles. The highest BCUT2D eigenvalue weighted by atomic mass is 15.2. The summed E-state index contributed by atoms with van der Waals surface area (Å²) >= 11 is 0. The number of nitrogens with zero attached hydrogens (tertiary/aromatic N) is 3. The van der Waals surface area contributed by atoms with Crippen LogP contribution in [0.4, 0.5) is 0 Å². The van der Waals surface area contributed by atoms with E-state index in [1.165, 1.54) is 43.2 Å². The minimum absolute atomic E-state index is 0.649. The lowest BCUT2D eigenvalue weighted by atomic mass is 9.94. The standard InChI is InChI=1S/C20H34N4/c1-4-24(5-2)20(21)22-15-17-11-9-10-12-18(17)16-23(3)19-13-7-6-8-14-19/h9-12,19H,4-8,13-16H2,1-3H3,(H2,21,22). The van der Waals surface area contributed by atoms with Crippen LogP contribution in [0.3, 0.4) is 0 Å². The van der Waals surface area contributed by atoms with Crippen molar-refractivity contribution in [3.63, 3.8) is 0 Å². The van der Waals surface area contributed by atoms with Crippen molar-refractivity contribution in [2.24, 2.45) is 10.7 Å². The van der Waals surface area contributed by atoms with Crippen molar-refractivity contribution < 1.29 is 0 Å². The van der Waals surface area contributed by atoms with Gasteiger partial charge in [0.2, 0.25) is 0 Å². The van der Waals surface area contributed by atoms with E-state index < -0.39 is 0 Å². The minimum Gasteiger partial charge on any atom is -0.370 e. The molecular weight excluding hydrogens is 296 g/mol. The Kier molecular flexibility index (Phi) is 7.57. The van der Waals surface area contributed by atoms with Crippen molar-refractivity contribution in [1.82, 2.24) is 9.80 Å². The van der Waals surface area contributed by atoms with Crippen LogP contribution >= 0.6 is 0 Å². The third kappa shape index (κ3) is 5.23. The zero-order valence-corrected chi connectivity index (χ0v) is 15.7. The largest absolute Gasteiger partial charge is 0.370 e. The highest BCUT2D eigenvalue weighted by Crippen LogP contribution is 2.23. The fourth-order valence-corrected chi connectivity index (χ4v) is 3.60. The summed E-state index contributed by atoms with van der Waals surface area (Å²) in [4.78, 5) is 9.24. The lowest BCUT2D eigenvalue weighted by molar-refractivity contribution is 0.184. The van der Waals surface area contributed by atoms with Gasteiger partial charge in [0.1, 0.15) is 0 Å². The van der Waals surface area contributed by atoms with Crippen molar-refractivity contribution in [3.8, 4) is 0 Å². The third-order valence-electron chi connectivity index (χ3n) is 5.24. The van der Waals surface area contributed by atoms with Crippen molar-refractivity contribution in [2.45, 2.75) is 65.1 Å². The van der Waals surface area contributed by atoms with Gasteiger partial charge in [0.25, 0.3) is 0 Å². The quantitative estimate of drug-likeness (QED) is 0.613. The van der Waals surface area contributed by atoms with Crippen LogP contribution in [0.15, 0.2) is 29.3 Å². The van der Waals surface area contributed by atoms with E-state index in [4.69, 9.17) is 5.73 Å². The van der Waals surface area contributed by atoms with Crippen LogP contribution in [-0.2, 0) is 13.1 Å². The van der Waals surface area contributed by atoms with Gasteiger partial charge in [0, 0.05) is 25.7 Å². The highest BCUT2D eigenvalue weighted by molar-refractivity contribution is 5.78. The van der Waals surface area contributed by atoms with Crippen LogP contribution < -0.4 is 5.73 Å². The van der Waals surface area contributed by atoms with Gasteiger partial charge in [-0.3, -0.25) is 4.90 Å². The van der Waals surface area contributed by atoms with Crippen LogP contribution in [0.25, 0.3) is 0 Å². The number of rotatable bonds is 7. The van der Waals surface area contributed by atoms with Gasteiger partial charge in [-0.1, -0.05) is 43.5 Å². The molecule has 0 radical (unpaired) electrons. The zero-order valence-electron chi connectivity index (χ0n) is 15.7. The number of nitrogens with two attached hydrogens (primary N) is 1. The van der Waals surface area contributed by atoms with Crippen molar-refractivity contribution in [3.05, 3.63) is 35.4 Å². The predicted molar refractivity (Wildman–Crippen MR) is 103 cm³/mol. The number of aliphatic imine (C=N–C) groups is 1. The Bertz CT molecular complexity index is 516. The summed E-state index contributed by atoms with van der Waals surface area (Å²) in [5.41, 5.74) is 8.78. The first-order chi connectivity index (χ1) is 11.7. The molecule has 4 heteroatoms. The van der Waals surface area contributed by atoms with E-state index in [0.717, 1.165) is 25.7 Å². The topological polar surface area (TPSA) is 44.9 Å². The molecule has 1 aliphatic carbocycles. The average Bonchev–Trinajstić information content (AvgIpc) is 2.62. The summed E-state index contributed by atoms with van der Waals surface area (Å²) in [5.74, 6) is 0.649. The summed E-state index contributed by atoms with van der Waals surface area (Å²) in [6, 6.07) is 9.38. The monoisotopic (exact) mass is 330 g/mol. The molecule has 1 aromatic carbocycles. The number of benzene rings is 1. The molecule has 0 unspecified atom stereocenters. The summed E-state index contributed by atoms with van der Waals surface area (Å²) < 4.78 is 0. The zero-order chi connectivity index (χ0) is 17.4. The molecule has 2 rings (SSSR count). The van der Waals surface area contributed by atoms with Crippen LogP contribution in [-0.4, -0.2) is 41.9 Å². The molecule has 1 aromatic rings. The maximum atomic E-state index is 6.12. The molecule has 0 amide bonds. The van der Waals surface area contributed by atoms with Crippen molar-refractivity contribution in [2.75, 3.05) is 20.1 Å². The Labute approximate surface area is 147 Å². The lowest BCUT2D eigenvalue weighted by Gasteiger charge is -2.31. The Hall–Kier alpha value is -1.55. The normalized spacial score (nSPS) is 16.6. The molecule has 24 heavy (non-hydrogen) atoms. The second kappa shape index (κ2) is 9.67. The molecule has 134 valence electrons. The Balaban J connectivity index is 2.02. The average molecular weight is 331 g/mol. The second-order valence-electron chi connectivity index (χ2n) is 6.82. The Morgan fingerprint density at radius 3 is 2.33 bits per heavy atom. The maximum Gasteiger partial charge on any atom is 0.191 e. The molecule has 4 nitrogen and oxygen atoms in total. The SMILES string of the molecule is CCN(CC)C(N)=NCc1ccccc1CN(C)C1CCCCC1. The number of hydrogen-bond acceptors (Lipinski definition) is 2. The Morgan fingerprint density at radius 1 is 1.08 bits per heavy atom. The van der Waals surface area contributed by atoms with Gasteiger partial charge in [-0.15, -0.1) is 0 Å². The molecular formula is C20H34N4. The van der Waals surface area contributed by atoms with E-state index in [1.807, 2.05) is 0 Å². The molecule has 2 N–H and O–H groups in total. The van der Waals surface area contributed by atoms with Crippen LogP contribution in [0, 0.1) is 0 Å². The lowest BCUT2D eigenvalue weighted by Crippen LogP contribution is -2.37. The van der Waals surface area contributed by atoms with E-state index in [9.17, 15) is 0 Å². The van der Waals surface area contributed by atoms with Crippen molar-refractivity contribution >= 4 is 5.96 Å². The third-order valence-corrected chi connectivity index (χ3v) is 5.24. The molecule has 0 aliphatic heterocycles. The second-order valence-corrected chi connectivity index (χ2v) is 6.82. The smallest absolute Gasteiger partial charge is 0.191 e. The molecule has 0 atom stereocenters. The minimum atomic E-state index is 0.649. The molecule has 1 aliphatic rings. The highest BCUT2D eigenvalue weighted by Gasteiger charge is 2.18. The fraction of sp³-hybridized carbons (Fsp3) is 0.650. The first-order valence-electron chi connectivity index (χ1n) is 9.47. The Morgan fingerprint density at radius 2 is 1.71 bits per heavy atom. The fourth-order valence-electron chi connectivity index (χ4n) is 3.60. The van der Waals surface area contributed by atoms with Crippen LogP contribution in [0.2, 0.25) is 0 Å². The van der Waals surface area contributed by atoms with Crippen LogP contribution in [0.5, 0.6) is 0 Å². The molecule has 0 bridgehead atoms. The molecule has 0 aromatic heterocycles. The number of guanidine groups is 1. The van der Waals surface area contributed by atoms with Gasteiger partial charge < -0.3 is 10.6 Å². The van der Waals surface area contributed by atoms with Crippen LogP contribution in [0.1, 0.15) is 57.1 Å². The van der Waals surface area contributed by atoms with Gasteiger partial charge in [-0.2, -0.15) is 0 Å². The maximum absolute atomic E-state index is 6.12. The van der Waals surface area contributed by atoms with Gasteiger partial charge in [-0.05, 0) is 44.9 Å². The molecule has 0 saturated heterocycles. The van der Waals surface area contributed by atoms with Gasteiger partial charge >= 0.3 is 0 Å². The summed E-state index contributed by atoms with van der Waals surface area (Å²) in [7, 11) is 2.26. The van der Waals surface area contributed by atoms with Gasteiger partial charge in [0.15, 0.2) is 5.96 Å². The first-order valence-corrected chi connectivity index (χ1v) is 9.47. The van der Waals surface area contributed by atoms with E-state index in [1.54, 1.807) is 0 Å². The summed E-state index contributed by atoms with van der Waals surface area (Å²) in [6.07, 6.45) is 6.83. The first kappa shape index (κ1) is 18.8. The molecule has 1 fully saturated rings.